The Kier molecular flexibility index (Phi) is 6.06. The molecule has 2 aliphatic rings. The van der Waals surface area contributed by atoms with E-state index in [9.17, 15) is 13.2 Å². The van der Waals surface area contributed by atoms with E-state index in [0.29, 0.717) is 43.4 Å². The Balaban J connectivity index is 1.45. The molecule has 0 atom stereocenters. The smallest absolute Gasteiger partial charge is 0.243 e. The molecule has 7 nitrogen and oxygen atoms in total. The Bertz CT molecular complexity index is 666. The topological polar surface area (TPSA) is 81.8 Å². The van der Waals surface area contributed by atoms with E-state index in [1.807, 2.05) is 0 Å². The minimum atomic E-state index is -3.46. The summed E-state index contributed by atoms with van der Waals surface area (Å²) in [6.07, 6.45) is 2.46. The van der Waals surface area contributed by atoms with Gasteiger partial charge in [-0.2, -0.15) is 4.31 Å². The van der Waals surface area contributed by atoms with E-state index in [0.717, 1.165) is 25.9 Å². The number of hydrazine groups is 1. The third kappa shape index (κ3) is 4.58. The molecule has 3 rings (SSSR count). The molecule has 2 fully saturated rings. The lowest BCUT2D eigenvalue weighted by molar-refractivity contribution is -0.132. The van der Waals surface area contributed by atoms with Gasteiger partial charge in [-0.25, -0.2) is 8.42 Å². The molecule has 138 valence electrons. The molecule has 0 bridgehead atoms. The van der Waals surface area contributed by atoms with Crippen molar-refractivity contribution in [1.82, 2.24) is 20.1 Å². The Hall–Kier alpha value is -1.48. The molecule has 0 aromatic heterocycles. The van der Waals surface area contributed by atoms with E-state index in [1.54, 1.807) is 35.2 Å². The summed E-state index contributed by atoms with van der Waals surface area (Å²) < 4.78 is 26.7. The number of carbonyl (C=O) groups is 1. The van der Waals surface area contributed by atoms with Gasteiger partial charge in [0.2, 0.25) is 15.9 Å². The van der Waals surface area contributed by atoms with Gasteiger partial charge < -0.3 is 4.90 Å². The molecule has 1 amide bonds. The van der Waals surface area contributed by atoms with Gasteiger partial charge in [0.25, 0.3) is 0 Å². The predicted molar refractivity (Wildman–Crippen MR) is 95.1 cm³/mol. The number of hydrogen-bond acceptors (Lipinski definition) is 5. The van der Waals surface area contributed by atoms with E-state index in [-0.39, 0.29) is 5.91 Å². The van der Waals surface area contributed by atoms with Crippen LogP contribution < -0.4 is 10.9 Å². The summed E-state index contributed by atoms with van der Waals surface area (Å²) in [5.74, 6) is 0.733. The van der Waals surface area contributed by atoms with Crippen LogP contribution in [0.1, 0.15) is 19.3 Å². The lowest BCUT2D eigenvalue weighted by Crippen LogP contribution is -2.50. The first-order valence-corrected chi connectivity index (χ1v) is 10.3. The summed E-state index contributed by atoms with van der Waals surface area (Å²) in [4.78, 5) is 14.4. The standard InChI is InChI=1S/C17H26N4O3S/c22-17(8-4-5-15-13-18-19-14-15)20-9-11-21(12-10-20)25(23,24)16-6-2-1-3-7-16/h1-3,6-7,15,18-19H,4-5,8-14H2. The molecule has 25 heavy (non-hydrogen) atoms. The Labute approximate surface area is 149 Å². The Morgan fingerprint density at radius 1 is 1.04 bits per heavy atom. The van der Waals surface area contributed by atoms with Crippen LogP contribution in [-0.4, -0.2) is 62.8 Å². The fraction of sp³-hybridized carbons (Fsp3) is 0.588. The maximum atomic E-state index is 12.6. The van der Waals surface area contributed by atoms with Gasteiger partial charge in [-0.15, -0.1) is 0 Å². The van der Waals surface area contributed by atoms with Crippen molar-refractivity contribution in [3.8, 4) is 0 Å². The van der Waals surface area contributed by atoms with Crippen LogP contribution in [0.4, 0.5) is 0 Å². The molecular weight excluding hydrogens is 340 g/mol. The van der Waals surface area contributed by atoms with Crippen LogP contribution in [0.3, 0.4) is 0 Å². The molecule has 0 aliphatic carbocycles. The number of rotatable bonds is 6. The molecule has 1 aromatic rings. The first-order valence-electron chi connectivity index (χ1n) is 8.86. The van der Waals surface area contributed by atoms with E-state index in [2.05, 4.69) is 10.9 Å². The molecule has 2 saturated heterocycles. The highest BCUT2D eigenvalue weighted by atomic mass is 32.2. The number of hydrogen-bond donors (Lipinski definition) is 2. The number of amides is 1. The molecule has 0 radical (unpaired) electrons. The third-order valence-corrected chi connectivity index (χ3v) is 6.79. The number of nitrogens with zero attached hydrogens (tertiary/aromatic N) is 2. The van der Waals surface area contributed by atoms with Crippen molar-refractivity contribution in [1.29, 1.82) is 0 Å². The summed E-state index contributed by atoms with van der Waals surface area (Å²) in [6, 6.07) is 8.47. The summed E-state index contributed by atoms with van der Waals surface area (Å²) in [5.41, 5.74) is 6.20. The molecule has 0 spiro atoms. The van der Waals surface area contributed by atoms with Gasteiger partial charge >= 0.3 is 0 Å². The van der Waals surface area contributed by atoms with Gasteiger partial charge in [-0.1, -0.05) is 18.2 Å². The highest BCUT2D eigenvalue weighted by molar-refractivity contribution is 7.89. The van der Waals surface area contributed by atoms with Gasteiger partial charge in [0.15, 0.2) is 0 Å². The average molecular weight is 366 g/mol. The maximum absolute atomic E-state index is 12.6. The minimum Gasteiger partial charge on any atom is -0.340 e. The van der Waals surface area contributed by atoms with Crippen molar-refractivity contribution >= 4 is 15.9 Å². The summed E-state index contributed by atoms with van der Waals surface area (Å²) in [7, 11) is -3.46. The van der Waals surface area contributed by atoms with E-state index in [4.69, 9.17) is 0 Å². The second kappa shape index (κ2) is 8.27. The predicted octanol–water partition coefficient (Wildman–Crippen LogP) is 0.414. The highest BCUT2D eigenvalue weighted by Crippen LogP contribution is 2.18. The summed E-state index contributed by atoms with van der Waals surface area (Å²) >= 11 is 0. The van der Waals surface area contributed by atoms with Crippen molar-refractivity contribution in [3.63, 3.8) is 0 Å². The number of nitrogens with one attached hydrogen (secondary N) is 2. The normalized spacial score (nSPS) is 20.1. The van der Waals surface area contributed by atoms with Crippen molar-refractivity contribution in [2.45, 2.75) is 24.2 Å². The van der Waals surface area contributed by atoms with E-state index < -0.39 is 10.0 Å². The van der Waals surface area contributed by atoms with Crippen LogP contribution in [-0.2, 0) is 14.8 Å². The first kappa shape index (κ1) is 18.3. The first-order chi connectivity index (χ1) is 12.1. The molecule has 8 heteroatoms. The molecule has 0 unspecified atom stereocenters. The Morgan fingerprint density at radius 2 is 1.68 bits per heavy atom. The lowest BCUT2D eigenvalue weighted by Gasteiger charge is -2.34. The average Bonchev–Trinajstić information content (AvgIpc) is 3.16. The molecule has 0 saturated carbocycles. The van der Waals surface area contributed by atoms with Crippen LogP contribution in [0, 0.1) is 5.92 Å². The minimum absolute atomic E-state index is 0.135. The number of benzene rings is 1. The fourth-order valence-electron chi connectivity index (χ4n) is 3.33. The summed E-state index contributed by atoms with van der Waals surface area (Å²) in [5, 5.41) is 0. The van der Waals surface area contributed by atoms with Crippen LogP contribution in [0.2, 0.25) is 0 Å². The maximum Gasteiger partial charge on any atom is 0.243 e. The second-order valence-electron chi connectivity index (χ2n) is 6.62. The SMILES string of the molecule is O=C(CCCC1CNNC1)N1CCN(S(=O)(=O)c2ccccc2)CC1. The van der Waals surface area contributed by atoms with Gasteiger partial charge in [0.05, 0.1) is 4.90 Å². The highest BCUT2D eigenvalue weighted by Gasteiger charge is 2.29. The zero-order valence-electron chi connectivity index (χ0n) is 14.4. The molecule has 1 aromatic carbocycles. The van der Waals surface area contributed by atoms with E-state index >= 15 is 0 Å². The van der Waals surface area contributed by atoms with Gasteiger partial charge in [-0.05, 0) is 30.9 Å². The summed E-state index contributed by atoms with van der Waals surface area (Å²) in [6.45, 7) is 3.59. The van der Waals surface area contributed by atoms with Gasteiger partial charge in [-0.3, -0.25) is 15.6 Å². The quantitative estimate of drug-likeness (QED) is 0.762. The molecule has 2 N–H and O–H groups in total. The van der Waals surface area contributed by atoms with Crippen LogP contribution in [0.5, 0.6) is 0 Å². The van der Waals surface area contributed by atoms with Crippen molar-refractivity contribution < 1.29 is 13.2 Å². The monoisotopic (exact) mass is 366 g/mol. The fourth-order valence-corrected chi connectivity index (χ4v) is 4.77. The zero-order valence-corrected chi connectivity index (χ0v) is 15.2. The van der Waals surface area contributed by atoms with Gasteiger partial charge in [0.1, 0.15) is 0 Å². The van der Waals surface area contributed by atoms with Crippen LogP contribution >= 0.6 is 0 Å². The largest absolute Gasteiger partial charge is 0.340 e. The number of sulfonamides is 1. The Morgan fingerprint density at radius 3 is 2.32 bits per heavy atom. The molecule has 2 aliphatic heterocycles. The second-order valence-corrected chi connectivity index (χ2v) is 8.56. The van der Waals surface area contributed by atoms with Crippen LogP contribution in [0.15, 0.2) is 35.2 Å². The lowest BCUT2D eigenvalue weighted by atomic mass is 10.0. The number of carbonyl (C=O) groups excluding carboxylic acids is 1. The van der Waals surface area contributed by atoms with Crippen LogP contribution in [0.25, 0.3) is 0 Å². The zero-order chi connectivity index (χ0) is 17.7. The van der Waals surface area contributed by atoms with Gasteiger partial charge in [0, 0.05) is 45.7 Å². The van der Waals surface area contributed by atoms with Crippen molar-refractivity contribution in [3.05, 3.63) is 30.3 Å². The van der Waals surface area contributed by atoms with Crippen molar-refractivity contribution in [2.24, 2.45) is 5.92 Å². The third-order valence-electron chi connectivity index (χ3n) is 4.88. The molecular formula is C17H26N4O3S. The molecule has 2 heterocycles. The van der Waals surface area contributed by atoms with Crippen molar-refractivity contribution in [2.75, 3.05) is 39.3 Å². The number of piperazine rings is 1. The van der Waals surface area contributed by atoms with E-state index in [1.165, 1.54) is 4.31 Å².